The fraction of sp³-hybridized carbons (Fsp3) is 0.200. The number of carbonyl (C=O) groups is 1. The number of carbonyl (C=O) groups excluding carboxylic acids is 1. The Morgan fingerprint density at radius 3 is 2.63 bits per heavy atom. The first-order chi connectivity index (χ1) is 14.4. The summed E-state index contributed by atoms with van der Waals surface area (Å²) >= 11 is 4.71. The Morgan fingerprint density at radius 1 is 1.27 bits per heavy atom. The summed E-state index contributed by atoms with van der Waals surface area (Å²) in [7, 11) is 1.38. The predicted octanol–water partition coefficient (Wildman–Crippen LogP) is 5.06. The molecule has 0 atom stereocenters. The molecule has 1 heterocycles. The van der Waals surface area contributed by atoms with Crippen molar-refractivity contribution in [3.8, 4) is 11.5 Å². The quantitative estimate of drug-likeness (QED) is 0.348. The summed E-state index contributed by atoms with van der Waals surface area (Å²) in [4.78, 5) is 28.7. The third-order valence-electron chi connectivity index (χ3n) is 4.09. The molecule has 1 amide bonds. The van der Waals surface area contributed by atoms with Crippen molar-refractivity contribution in [2.24, 2.45) is 0 Å². The number of rotatable bonds is 8. The minimum atomic E-state index is -0.644. The van der Waals surface area contributed by atoms with Gasteiger partial charge in [-0.05, 0) is 24.6 Å². The Hall–Kier alpha value is -2.98. The molecule has 0 aliphatic heterocycles. The summed E-state index contributed by atoms with van der Waals surface area (Å²) in [5.41, 5.74) is 0.597. The number of thiazole rings is 1. The van der Waals surface area contributed by atoms with Crippen LogP contribution < -0.4 is 14.8 Å². The highest BCUT2D eigenvalue weighted by atomic mass is 79.9. The first kappa shape index (κ1) is 21.7. The normalized spacial score (nSPS) is 10.5. The summed E-state index contributed by atoms with van der Waals surface area (Å²) in [6, 6.07) is 10.4. The van der Waals surface area contributed by atoms with Gasteiger partial charge in [0.15, 0.2) is 16.6 Å². The average Bonchev–Trinajstić information content (AvgIpc) is 3.16. The van der Waals surface area contributed by atoms with Gasteiger partial charge in [-0.2, -0.15) is 0 Å². The van der Waals surface area contributed by atoms with E-state index in [9.17, 15) is 14.9 Å². The van der Waals surface area contributed by atoms with E-state index in [2.05, 4.69) is 26.2 Å². The van der Waals surface area contributed by atoms with Crippen molar-refractivity contribution >= 4 is 44.0 Å². The Balaban J connectivity index is 1.81. The first-order valence-corrected chi connectivity index (χ1v) is 10.5. The van der Waals surface area contributed by atoms with Crippen molar-refractivity contribution in [3.05, 3.63) is 73.2 Å². The molecule has 0 aliphatic rings. The maximum absolute atomic E-state index is 12.8. The predicted molar refractivity (Wildman–Crippen MR) is 118 cm³/mol. The first-order valence-electron chi connectivity index (χ1n) is 8.91. The second kappa shape index (κ2) is 9.68. The molecule has 10 heteroatoms. The van der Waals surface area contributed by atoms with Gasteiger partial charge >= 0.3 is 0 Å². The highest BCUT2D eigenvalue weighted by Gasteiger charge is 2.25. The number of amides is 1. The molecule has 0 aliphatic carbocycles. The Kier molecular flexibility index (Phi) is 7.01. The van der Waals surface area contributed by atoms with Crippen LogP contribution in [0.2, 0.25) is 0 Å². The van der Waals surface area contributed by atoms with Crippen LogP contribution in [0.25, 0.3) is 0 Å². The monoisotopic (exact) mass is 491 g/mol. The minimum Gasteiger partial charge on any atom is -0.493 e. The molecule has 0 saturated heterocycles. The van der Waals surface area contributed by atoms with E-state index < -0.39 is 10.8 Å². The van der Waals surface area contributed by atoms with Gasteiger partial charge in [-0.25, -0.2) is 4.98 Å². The van der Waals surface area contributed by atoms with Gasteiger partial charge < -0.3 is 9.47 Å². The van der Waals surface area contributed by atoms with Crippen LogP contribution in [0.15, 0.2) is 47.1 Å². The van der Waals surface area contributed by atoms with Crippen LogP contribution in [0.4, 0.5) is 10.8 Å². The molecule has 1 N–H and O–H groups in total. The van der Waals surface area contributed by atoms with E-state index >= 15 is 0 Å². The van der Waals surface area contributed by atoms with Crippen LogP contribution in [0.1, 0.15) is 27.7 Å². The summed E-state index contributed by atoms with van der Waals surface area (Å²) in [6.45, 7) is 2.09. The molecule has 30 heavy (non-hydrogen) atoms. The smallest absolute Gasteiger partial charge is 0.286 e. The maximum atomic E-state index is 12.8. The van der Waals surface area contributed by atoms with Crippen molar-refractivity contribution < 1.29 is 19.2 Å². The summed E-state index contributed by atoms with van der Waals surface area (Å²) in [5, 5.41) is 14.5. The van der Waals surface area contributed by atoms with Crippen molar-refractivity contribution in [2.45, 2.75) is 13.3 Å². The molecule has 2 aromatic carbocycles. The maximum Gasteiger partial charge on any atom is 0.286 e. The molecule has 0 fully saturated rings. The number of hydrogen-bond acceptors (Lipinski definition) is 7. The molecule has 0 saturated carbocycles. The number of nitrogens with zero attached hydrogens (tertiary/aromatic N) is 2. The Bertz CT molecular complexity index is 1070. The minimum absolute atomic E-state index is 0.131. The molecule has 0 bridgehead atoms. The molecule has 3 rings (SSSR count). The SMILES string of the molecule is CCOc1cc(C(=O)Nc2ncc(Cc3ccc(Br)cc3)s2)c([N+](=O)[O-])cc1OC. The summed E-state index contributed by atoms with van der Waals surface area (Å²) < 4.78 is 11.6. The van der Waals surface area contributed by atoms with E-state index in [-0.39, 0.29) is 22.7 Å². The fourth-order valence-corrected chi connectivity index (χ4v) is 3.83. The zero-order chi connectivity index (χ0) is 21.7. The van der Waals surface area contributed by atoms with E-state index in [4.69, 9.17) is 9.47 Å². The van der Waals surface area contributed by atoms with Gasteiger partial charge in [0.1, 0.15) is 5.56 Å². The molecule has 156 valence electrons. The number of nitro benzene ring substituents is 1. The van der Waals surface area contributed by atoms with E-state index in [1.165, 1.54) is 30.6 Å². The molecule has 8 nitrogen and oxygen atoms in total. The van der Waals surface area contributed by atoms with Gasteiger partial charge in [0.25, 0.3) is 11.6 Å². The van der Waals surface area contributed by atoms with Gasteiger partial charge in [0.2, 0.25) is 0 Å². The average molecular weight is 492 g/mol. The van der Waals surface area contributed by atoms with Gasteiger partial charge in [-0.1, -0.05) is 28.1 Å². The zero-order valence-corrected chi connectivity index (χ0v) is 18.6. The van der Waals surface area contributed by atoms with Gasteiger partial charge in [0.05, 0.1) is 24.7 Å². The third-order valence-corrected chi connectivity index (χ3v) is 5.53. The lowest BCUT2D eigenvalue weighted by molar-refractivity contribution is -0.385. The topological polar surface area (TPSA) is 104 Å². The van der Waals surface area contributed by atoms with Crippen LogP contribution in [-0.4, -0.2) is 29.5 Å². The van der Waals surface area contributed by atoms with Crippen molar-refractivity contribution in [2.75, 3.05) is 19.0 Å². The molecular weight excluding hydrogens is 474 g/mol. The number of ether oxygens (including phenoxy) is 2. The lowest BCUT2D eigenvalue weighted by Crippen LogP contribution is -2.14. The number of aromatic nitrogens is 1. The third kappa shape index (κ3) is 5.14. The second-order valence-corrected chi connectivity index (χ2v) is 8.13. The van der Waals surface area contributed by atoms with Crippen molar-refractivity contribution in [1.82, 2.24) is 4.98 Å². The fourth-order valence-electron chi connectivity index (χ4n) is 2.72. The number of halogens is 1. The van der Waals surface area contributed by atoms with Crippen LogP contribution in [0.3, 0.4) is 0 Å². The number of methoxy groups -OCH3 is 1. The number of benzene rings is 2. The Labute approximate surface area is 185 Å². The van der Waals surface area contributed by atoms with Gasteiger partial charge in [0, 0.05) is 28.0 Å². The lowest BCUT2D eigenvalue weighted by atomic mass is 10.1. The largest absolute Gasteiger partial charge is 0.493 e. The van der Waals surface area contributed by atoms with E-state index in [1.807, 2.05) is 24.3 Å². The highest BCUT2D eigenvalue weighted by Crippen LogP contribution is 2.35. The van der Waals surface area contributed by atoms with E-state index in [0.717, 1.165) is 14.9 Å². The molecule has 0 radical (unpaired) electrons. The van der Waals surface area contributed by atoms with Gasteiger partial charge in [-0.15, -0.1) is 11.3 Å². The van der Waals surface area contributed by atoms with E-state index in [1.54, 1.807) is 13.1 Å². The molecular formula is C20H18BrN3O5S. The highest BCUT2D eigenvalue weighted by molar-refractivity contribution is 9.10. The number of nitrogens with one attached hydrogen (secondary N) is 1. The second-order valence-electron chi connectivity index (χ2n) is 6.10. The number of hydrogen-bond donors (Lipinski definition) is 1. The molecule has 0 unspecified atom stereocenters. The van der Waals surface area contributed by atoms with Gasteiger partial charge in [-0.3, -0.25) is 20.2 Å². The van der Waals surface area contributed by atoms with Crippen LogP contribution in [-0.2, 0) is 6.42 Å². The van der Waals surface area contributed by atoms with Crippen LogP contribution >= 0.6 is 27.3 Å². The number of nitro groups is 1. The number of anilines is 1. The van der Waals surface area contributed by atoms with Crippen molar-refractivity contribution in [3.63, 3.8) is 0 Å². The summed E-state index contributed by atoms with van der Waals surface area (Å²) in [5.74, 6) is -0.202. The lowest BCUT2D eigenvalue weighted by Gasteiger charge is -2.11. The van der Waals surface area contributed by atoms with Crippen LogP contribution in [0, 0.1) is 10.1 Å². The standard InChI is InChI=1S/C20H18BrN3O5S/c1-3-29-18-9-15(16(24(26)27)10-17(18)28-2)19(25)23-20-22-11-14(30-20)8-12-4-6-13(21)7-5-12/h4-7,9-11H,3,8H2,1-2H3,(H,22,23,25). The molecule has 3 aromatic rings. The van der Waals surface area contributed by atoms with Crippen molar-refractivity contribution in [1.29, 1.82) is 0 Å². The molecule has 0 spiro atoms. The van der Waals surface area contributed by atoms with Crippen LogP contribution in [0.5, 0.6) is 11.5 Å². The Morgan fingerprint density at radius 2 is 2.00 bits per heavy atom. The molecule has 1 aromatic heterocycles. The van der Waals surface area contributed by atoms with E-state index in [0.29, 0.717) is 18.2 Å². The summed E-state index contributed by atoms with van der Waals surface area (Å²) in [6.07, 6.45) is 2.34. The zero-order valence-electron chi connectivity index (χ0n) is 16.2.